The third-order valence-corrected chi connectivity index (χ3v) is 8.04. The lowest BCUT2D eigenvalue weighted by atomic mass is 9.40. The molecule has 23 heavy (non-hydrogen) atoms. The van der Waals surface area contributed by atoms with E-state index in [1.807, 2.05) is 19.5 Å². The van der Waals surface area contributed by atoms with Crippen LogP contribution in [-0.4, -0.2) is 11.1 Å². The Morgan fingerprint density at radius 3 is 2.65 bits per heavy atom. The number of hydrogen-bond acceptors (Lipinski definition) is 2. The van der Waals surface area contributed by atoms with Crippen LogP contribution < -0.4 is 0 Å². The van der Waals surface area contributed by atoms with Gasteiger partial charge in [-0.1, -0.05) is 20.3 Å². The van der Waals surface area contributed by atoms with Gasteiger partial charge in [0.15, 0.2) is 0 Å². The van der Waals surface area contributed by atoms with Crippen LogP contribution in [-0.2, 0) is 16.6 Å². The monoisotopic (exact) mass is 316 g/mol. The van der Waals surface area contributed by atoms with Crippen LogP contribution in [0.1, 0.15) is 70.4 Å². The number of furan rings is 1. The highest BCUT2D eigenvalue weighted by Gasteiger charge is 2.62. The standard InChI is InChI=1S/C20H28O3/c1-18-10-7-16-19(2,8-4-9-20(16,3)17(21)22)15(18)6-5-13-11-23-12-14(13)18/h11-12,15-16H,4-10H2,1-3H3,(H,21,22)/t15?,16?,18-,19+,20?/m0/s1. The molecule has 3 aliphatic carbocycles. The fourth-order valence-corrected chi connectivity index (χ4v) is 6.87. The Morgan fingerprint density at radius 2 is 1.91 bits per heavy atom. The second kappa shape index (κ2) is 4.64. The van der Waals surface area contributed by atoms with Crippen molar-refractivity contribution in [2.24, 2.45) is 22.7 Å². The summed E-state index contributed by atoms with van der Waals surface area (Å²) in [5, 5.41) is 9.92. The second-order valence-electron chi connectivity index (χ2n) is 8.99. The van der Waals surface area contributed by atoms with E-state index in [1.165, 1.54) is 24.0 Å². The quantitative estimate of drug-likeness (QED) is 0.810. The molecule has 0 amide bonds. The van der Waals surface area contributed by atoms with Crippen LogP contribution in [0.4, 0.5) is 0 Å². The molecule has 3 heteroatoms. The molecule has 0 bridgehead atoms. The number of carboxylic acid groups (broad SMARTS) is 1. The van der Waals surface area contributed by atoms with E-state index >= 15 is 0 Å². The Kier molecular flexibility index (Phi) is 3.09. The van der Waals surface area contributed by atoms with Gasteiger partial charge in [0.25, 0.3) is 0 Å². The Balaban J connectivity index is 1.80. The molecule has 2 saturated carbocycles. The molecule has 1 aromatic rings. The van der Waals surface area contributed by atoms with E-state index in [2.05, 4.69) is 13.8 Å². The van der Waals surface area contributed by atoms with Crippen molar-refractivity contribution in [1.29, 1.82) is 0 Å². The minimum absolute atomic E-state index is 0.132. The van der Waals surface area contributed by atoms with E-state index in [9.17, 15) is 9.90 Å². The number of rotatable bonds is 1. The van der Waals surface area contributed by atoms with Crippen LogP contribution in [0.2, 0.25) is 0 Å². The minimum Gasteiger partial charge on any atom is -0.481 e. The topological polar surface area (TPSA) is 50.4 Å². The van der Waals surface area contributed by atoms with E-state index < -0.39 is 11.4 Å². The van der Waals surface area contributed by atoms with Gasteiger partial charge in [0.05, 0.1) is 17.9 Å². The van der Waals surface area contributed by atoms with Crippen molar-refractivity contribution in [3.05, 3.63) is 23.7 Å². The number of carbonyl (C=O) groups is 1. The third kappa shape index (κ3) is 1.79. The number of aliphatic carboxylic acids is 1. The molecule has 0 aromatic carbocycles. The highest BCUT2D eigenvalue weighted by Crippen LogP contribution is 2.66. The Hall–Kier alpha value is -1.25. The van der Waals surface area contributed by atoms with Gasteiger partial charge in [-0.3, -0.25) is 4.79 Å². The molecule has 1 heterocycles. The van der Waals surface area contributed by atoms with Crippen molar-refractivity contribution >= 4 is 5.97 Å². The zero-order valence-electron chi connectivity index (χ0n) is 14.5. The van der Waals surface area contributed by atoms with Crippen LogP contribution in [0, 0.1) is 22.7 Å². The maximum absolute atomic E-state index is 12.1. The molecule has 0 radical (unpaired) electrons. The SMILES string of the molecule is CC1(C(=O)O)CCC[C@@]2(C)C1CC[C@@]1(C)c3cocc3CCC21. The molecule has 0 spiro atoms. The molecular formula is C20H28O3. The summed E-state index contributed by atoms with van der Waals surface area (Å²) < 4.78 is 5.54. The molecule has 0 saturated heterocycles. The van der Waals surface area contributed by atoms with E-state index in [0.29, 0.717) is 11.8 Å². The summed E-state index contributed by atoms with van der Waals surface area (Å²) in [5.74, 6) is 0.280. The fourth-order valence-electron chi connectivity index (χ4n) is 6.87. The summed E-state index contributed by atoms with van der Waals surface area (Å²) in [4.78, 5) is 12.1. The first kappa shape index (κ1) is 15.3. The number of hydrogen-bond donors (Lipinski definition) is 1. The number of carboxylic acids is 1. The molecule has 5 atom stereocenters. The molecule has 3 unspecified atom stereocenters. The Labute approximate surface area is 138 Å². The molecule has 126 valence electrons. The molecule has 0 aliphatic heterocycles. The summed E-state index contributed by atoms with van der Waals surface area (Å²) in [6.45, 7) is 6.80. The Morgan fingerprint density at radius 1 is 1.13 bits per heavy atom. The first-order chi connectivity index (χ1) is 10.8. The largest absolute Gasteiger partial charge is 0.481 e. The second-order valence-corrected chi connectivity index (χ2v) is 8.99. The minimum atomic E-state index is -0.586. The third-order valence-electron chi connectivity index (χ3n) is 8.04. The van der Waals surface area contributed by atoms with E-state index in [4.69, 9.17) is 4.42 Å². The maximum Gasteiger partial charge on any atom is 0.309 e. The molecule has 2 fully saturated rings. The van der Waals surface area contributed by atoms with E-state index in [-0.39, 0.29) is 10.8 Å². The lowest BCUT2D eigenvalue weighted by Gasteiger charge is -2.63. The maximum atomic E-state index is 12.1. The summed E-state index contributed by atoms with van der Waals surface area (Å²) in [7, 11) is 0. The van der Waals surface area contributed by atoms with Crippen molar-refractivity contribution in [1.82, 2.24) is 0 Å². The van der Waals surface area contributed by atoms with Crippen molar-refractivity contribution in [3.8, 4) is 0 Å². The molecule has 4 rings (SSSR count). The van der Waals surface area contributed by atoms with Gasteiger partial charge in [-0.2, -0.15) is 0 Å². The highest BCUT2D eigenvalue weighted by atomic mass is 16.4. The van der Waals surface area contributed by atoms with Crippen LogP contribution in [0.5, 0.6) is 0 Å². The van der Waals surface area contributed by atoms with Crippen LogP contribution >= 0.6 is 0 Å². The summed E-state index contributed by atoms with van der Waals surface area (Å²) in [5.41, 5.74) is 2.51. The summed E-state index contributed by atoms with van der Waals surface area (Å²) in [6, 6.07) is 0. The predicted octanol–water partition coefficient (Wildman–Crippen LogP) is 4.79. The van der Waals surface area contributed by atoms with E-state index in [0.717, 1.165) is 32.1 Å². The van der Waals surface area contributed by atoms with Crippen LogP contribution in [0.3, 0.4) is 0 Å². The van der Waals surface area contributed by atoms with Gasteiger partial charge in [0.1, 0.15) is 0 Å². The predicted molar refractivity (Wildman–Crippen MR) is 88.3 cm³/mol. The van der Waals surface area contributed by atoms with Crippen LogP contribution in [0.15, 0.2) is 16.9 Å². The summed E-state index contributed by atoms with van der Waals surface area (Å²) in [6.07, 6.45) is 11.3. The lowest BCUT2D eigenvalue weighted by molar-refractivity contribution is -0.172. The molecule has 1 N–H and O–H groups in total. The van der Waals surface area contributed by atoms with Gasteiger partial charge in [0, 0.05) is 0 Å². The normalized spacial score (nSPS) is 45.7. The smallest absolute Gasteiger partial charge is 0.309 e. The number of fused-ring (bicyclic) bond motifs is 5. The molecule has 3 aliphatic rings. The fraction of sp³-hybridized carbons (Fsp3) is 0.750. The van der Waals surface area contributed by atoms with Crippen LogP contribution in [0.25, 0.3) is 0 Å². The van der Waals surface area contributed by atoms with Gasteiger partial charge < -0.3 is 9.52 Å². The first-order valence-electron chi connectivity index (χ1n) is 9.11. The average molecular weight is 316 g/mol. The van der Waals surface area contributed by atoms with Crippen molar-refractivity contribution in [2.75, 3.05) is 0 Å². The lowest BCUT2D eigenvalue weighted by Crippen LogP contribution is -2.59. The van der Waals surface area contributed by atoms with Crippen molar-refractivity contribution < 1.29 is 14.3 Å². The van der Waals surface area contributed by atoms with Gasteiger partial charge in [-0.15, -0.1) is 0 Å². The van der Waals surface area contributed by atoms with Gasteiger partial charge in [-0.25, -0.2) is 0 Å². The zero-order chi connectivity index (χ0) is 16.5. The van der Waals surface area contributed by atoms with Gasteiger partial charge >= 0.3 is 5.97 Å². The van der Waals surface area contributed by atoms with Crippen molar-refractivity contribution in [3.63, 3.8) is 0 Å². The highest BCUT2D eigenvalue weighted by molar-refractivity contribution is 5.75. The average Bonchev–Trinajstić information content (AvgIpc) is 2.96. The summed E-state index contributed by atoms with van der Waals surface area (Å²) >= 11 is 0. The van der Waals surface area contributed by atoms with Gasteiger partial charge in [0.2, 0.25) is 0 Å². The Bertz CT molecular complexity index is 647. The molecule has 1 aromatic heterocycles. The van der Waals surface area contributed by atoms with E-state index in [1.54, 1.807) is 0 Å². The molecular weight excluding hydrogens is 288 g/mol. The number of aryl methyl sites for hydroxylation is 1. The first-order valence-corrected chi connectivity index (χ1v) is 9.11. The molecule has 3 nitrogen and oxygen atoms in total. The van der Waals surface area contributed by atoms with Crippen molar-refractivity contribution in [2.45, 2.75) is 71.1 Å². The zero-order valence-corrected chi connectivity index (χ0v) is 14.5. The van der Waals surface area contributed by atoms with Gasteiger partial charge in [-0.05, 0) is 79.2 Å².